The molecule has 1 aliphatic carbocycles. The molecule has 0 spiro atoms. The van der Waals surface area contributed by atoms with Crippen LogP contribution in [0.3, 0.4) is 0 Å². The van der Waals surface area contributed by atoms with Crippen molar-refractivity contribution >= 4 is 11.6 Å². The smallest absolute Gasteiger partial charge is 0.256 e. The maximum Gasteiger partial charge on any atom is 0.256 e. The highest BCUT2D eigenvalue weighted by molar-refractivity contribution is 6.01. The largest absolute Gasteiger partial charge is 0.398 e. The summed E-state index contributed by atoms with van der Waals surface area (Å²) >= 11 is 0. The Kier molecular flexibility index (Phi) is 2.98. The van der Waals surface area contributed by atoms with Crippen molar-refractivity contribution < 1.29 is 4.79 Å². The minimum atomic E-state index is 0.154. The van der Waals surface area contributed by atoms with Crippen molar-refractivity contribution in [3.8, 4) is 0 Å². The lowest BCUT2D eigenvalue weighted by atomic mass is 9.90. The van der Waals surface area contributed by atoms with Gasteiger partial charge in [-0.2, -0.15) is 0 Å². The van der Waals surface area contributed by atoms with Gasteiger partial charge in [0.05, 0.1) is 5.56 Å². The number of amides is 1. The van der Waals surface area contributed by atoms with Gasteiger partial charge in [-0.1, -0.05) is 31.4 Å². The number of carbonyl (C=O) groups excluding carboxylic acids is 1. The molecule has 1 amide bonds. The number of rotatable bonds is 1. The molecule has 1 aromatic carbocycles. The van der Waals surface area contributed by atoms with E-state index in [0.717, 1.165) is 36.9 Å². The molecule has 0 saturated heterocycles. The number of nitrogens with two attached hydrogens (primary N) is 1. The molecular formula is C15H20N2O. The van der Waals surface area contributed by atoms with Gasteiger partial charge in [0.1, 0.15) is 0 Å². The summed E-state index contributed by atoms with van der Waals surface area (Å²) in [7, 11) is 0. The molecule has 0 unspecified atom stereocenters. The van der Waals surface area contributed by atoms with E-state index in [1.807, 2.05) is 18.2 Å². The lowest BCUT2D eigenvalue weighted by Gasteiger charge is -2.37. The van der Waals surface area contributed by atoms with E-state index in [9.17, 15) is 4.79 Å². The molecule has 0 radical (unpaired) electrons. The first-order valence-electron chi connectivity index (χ1n) is 6.95. The minimum absolute atomic E-state index is 0.154. The molecule has 3 heteroatoms. The first kappa shape index (κ1) is 11.6. The van der Waals surface area contributed by atoms with Crippen LogP contribution in [0, 0.1) is 0 Å². The van der Waals surface area contributed by atoms with Crippen LogP contribution in [0.5, 0.6) is 0 Å². The van der Waals surface area contributed by atoms with Crippen LogP contribution >= 0.6 is 0 Å². The summed E-state index contributed by atoms with van der Waals surface area (Å²) in [6, 6.07) is 6.25. The molecule has 18 heavy (non-hydrogen) atoms. The van der Waals surface area contributed by atoms with Crippen molar-refractivity contribution in [3.05, 3.63) is 29.3 Å². The molecule has 1 fully saturated rings. The highest BCUT2D eigenvalue weighted by atomic mass is 16.2. The fourth-order valence-corrected chi connectivity index (χ4v) is 3.32. The average molecular weight is 244 g/mol. The molecule has 0 aromatic heterocycles. The van der Waals surface area contributed by atoms with E-state index in [-0.39, 0.29) is 5.91 Å². The molecule has 1 aromatic rings. The summed E-state index contributed by atoms with van der Waals surface area (Å²) in [5.74, 6) is 0.154. The molecule has 1 saturated carbocycles. The van der Waals surface area contributed by atoms with Gasteiger partial charge < -0.3 is 10.6 Å². The van der Waals surface area contributed by atoms with Crippen molar-refractivity contribution in [2.75, 3.05) is 12.3 Å². The Morgan fingerprint density at radius 2 is 1.94 bits per heavy atom. The van der Waals surface area contributed by atoms with Crippen LogP contribution in [0.1, 0.15) is 48.0 Å². The van der Waals surface area contributed by atoms with Crippen LogP contribution < -0.4 is 5.73 Å². The Morgan fingerprint density at radius 1 is 1.17 bits per heavy atom. The first-order valence-corrected chi connectivity index (χ1v) is 6.95. The minimum Gasteiger partial charge on any atom is -0.398 e. The van der Waals surface area contributed by atoms with Gasteiger partial charge in [-0.05, 0) is 30.9 Å². The van der Waals surface area contributed by atoms with E-state index in [1.54, 1.807) is 0 Å². The van der Waals surface area contributed by atoms with Crippen LogP contribution in [-0.2, 0) is 6.42 Å². The Balaban J connectivity index is 1.89. The normalized spacial score (nSPS) is 20.9. The summed E-state index contributed by atoms with van der Waals surface area (Å²) in [5, 5.41) is 0. The monoisotopic (exact) mass is 244 g/mol. The van der Waals surface area contributed by atoms with Gasteiger partial charge in [0, 0.05) is 18.3 Å². The van der Waals surface area contributed by atoms with E-state index < -0.39 is 0 Å². The maximum atomic E-state index is 12.6. The fourth-order valence-electron chi connectivity index (χ4n) is 3.32. The second-order valence-electron chi connectivity index (χ2n) is 5.42. The molecular weight excluding hydrogens is 224 g/mol. The molecule has 2 N–H and O–H groups in total. The van der Waals surface area contributed by atoms with Gasteiger partial charge in [-0.25, -0.2) is 0 Å². The third kappa shape index (κ3) is 1.88. The molecule has 1 heterocycles. The van der Waals surface area contributed by atoms with Crippen molar-refractivity contribution in [2.45, 2.75) is 44.6 Å². The molecule has 96 valence electrons. The molecule has 3 nitrogen and oxygen atoms in total. The summed E-state index contributed by atoms with van der Waals surface area (Å²) in [6.45, 7) is 0.861. The fraction of sp³-hybridized carbons (Fsp3) is 0.533. The van der Waals surface area contributed by atoms with Gasteiger partial charge in [0.2, 0.25) is 0 Å². The molecule has 3 rings (SSSR count). The van der Waals surface area contributed by atoms with Crippen molar-refractivity contribution in [1.29, 1.82) is 0 Å². The molecule has 2 aliphatic rings. The van der Waals surface area contributed by atoms with E-state index in [0.29, 0.717) is 11.7 Å². The lowest BCUT2D eigenvalue weighted by molar-refractivity contribution is 0.0616. The van der Waals surface area contributed by atoms with Gasteiger partial charge in [-0.3, -0.25) is 4.79 Å². The van der Waals surface area contributed by atoms with E-state index >= 15 is 0 Å². The van der Waals surface area contributed by atoms with Crippen molar-refractivity contribution in [3.63, 3.8) is 0 Å². The number of benzene rings is 1. The maximum absolute atomic E-state index is 12.6. The quantitative estimate of drug-likeness (QED) is 0.772. The first-order chi connectivity index (χ1) is 8.77. The lowest BCUT2D eigenvalue weighted by Crippen LogP contribution is -2.45. The van der Waals surface area contributed by atoms with E-state index in [2.05, 4.69) is 4.90 Å². The zero-order valence-corrected chi connectivity index (χ0v) is 10.7. The van der Waals surface area contributed by atoms with Crippen molar-refractivity contribution in [2.24, 2.45) is 0 Å². The van der Waals surface area contributed by atoms with Crippen LogP contribution in [0.2, 0.25) is 0 Å². The van der Waals surface area contributed by atoms with Gasteiger partial charge >= 0.3 is 0 Å². The Bertz CT molecular complexity index is 464. The van der Waals surface area contributed by atoms with Gasteiger partial charge in [0.15, 0.2) is 0 Å². The summed E-state index contributed by atoms with van der Waals surface area (Å²) in [4.78, 5) is 14.7. The third-order valence-electron chi connectivity index (χ3n) is 4.30. The summed E-state index contributed by atoms with van der Waals surface area (Å²) in [5.41, 5.74) is 8.49. The molecule has 0 bridgehead atoms. The predicted octanol–water partition coefficient (Wildman–Crippen LogP) is 2.60. The predicted molar refractivity (Wildman–Crippen MR) is 72.5 cm³/mol. The standard InChI is InChI=1S/C15H20N2O/c16-13-8-4-5-11-9-10-17(15(18)14(11)13)12-6-2-1-3-7-12/h4-5,8,12H,1-3,6-7,9-10,16H2. The number of nitrogens with zero attached hydrogens (tertiary/aromatic N) is 1. The van der Waals surface area contributed by atoms with Crippen LogP contribution in [0.4, 0.5) is 5.69 Å². The number of hydrogen-bond acceptors (Lipinski definition) is 2. The Labute approximate surface area is 108 Å². The number of nitrogen functional groups attached to an aromatic ring is 1. The number of carbonyl (C=O) groups is 1. The highest BCUT2D eigenvalue weighted by Crippen LogP contribution is 2.30. The van der Waals surface area contributed by atoms with Gasteiger partial charge in [0.25, 0.3) is 5.91 Å². The second-order valence-corrected chi connectivity index (χ2v) is 5.42. The van der Waals surface area contributed by atoms with Crippen molar-refractivity contribution in [1.82, 2.24) is 4.90 Å². The topological polar surface area (TPSA) is 46.3 Å². The van der Waals surface area contributed by atoms with E-state index in [4.69, 9.17) is 5.73 Å². The van der Waals surface area contributed by atoms with E-state index in [1.165, 1.54) is 19.3 Å². The van der Waals surface area contributed by atoms with Crippen LogP contribution in [-0.4, -0.2) is 23.4 Å². The number of hydrogen-bond donors (Lipinski definition) is 1. The Hall–Kier alpha value is -1.51. The average Bonchev–Trinajstić information content (AvgIpc) is 2.40. The Morgan fingerprint density at radius 3 is 2.72 bits per heavy atom. The highest BCUT2D eigenvalue weighted by Gasteiger charge is 2.31. The SMILES string of the molecule is Nc1cccc2c1C(=O)N(C1CCCCC1)CC2. The zero-order valence-electron chi connectivity index (χ0n) is 10.7. The third-order valence-corrected chi connectivity index (χ3v) is 4.30. The van der Waals surface area contributed by atoms with Crippen LogP contribution in [0.25, 0.3) is 0 Å². The number of anilines is 1. The molecule has 1 aliphatic heterocycles. The summed E-state index contributed by atoms with van der Waals surface area (Å²) in [6.07, 6.45) is 7.10. The zero-order chi connectivity index (χ0) is 12.5. The molecule has 0 atom stereocenters. The van der Waals surface area contributed by atoms with Gasteiger partial charge in [-0.15, -0.1) is 0 Å². The summed E-state index contributed by atoms with van der Waals surface area (Å²) < 4.78 is 0. The number of fused-ring (bicyclic) bond motifs is 1. The van der Waals surface area contributed by atoms with Crippen LogP contribution in [0.15, 0.2) is 18.2 Å². The second kappa shape index (κ2) is 4.63.